The van der Waals surface area contributed by atoms with Crippen molar-refractivity contribution in [2.24, 2.45) is 0 Å². The van der Waals surface area contributed by atoms with E-state index >= 15 is 0 Å². The number of carbonyl (C=O) groups is 2. The SMILES string of the molecule is Cc1cc(C)cc(N(CCC#N)C(=O)Cn2nc(C(=O)O)c3ccccc3c2=O)c1. The number of hydrogen-bond acceptors (Lipinski definition) is 5. The maximum atomic E-state index is 13.1. The van der Waals surface area contributed by atoms with Crippen molar-refractivity contribution in [1.82, 2.24) is 9.78 Å². The van der Waals surface area contributed by atoms with E-state index in [1.54, 1.807) is 12.1 Å². The van der Waals surface area contributed by atoms with E-state index in [0.29, 0.717) is 5.69 Å². The molecule has 0 unspecified atom stereocenters. The fraction of sp³-hybridized carbons (Fsp3) is 0.227. The van der Waals surface area contributed by atoms with E-state index in [4.69, 9.17) is 5.26 Å². The number of hydrogen-bond donors (Lipinski definition) is 1. The minimum atomic E-state index is -1.29. The molecule has 8 heteroatoms. The van der Waals surface area contributed by atoms with Gasteiger partial charge in [0.1, 0.15) is 6.54 Å². The summed E-state index contributed by atoms with van der Waals surface area (Å²) in [6, 6.07) is 13.9. The van der Waals surface area contributed by atoms with Gasteiger partial charge in [-0.3, -0.25) is 9.59 Å². The second kappa shape index (κ2) is 8.57. The third kappa shape index (κ3) is 4.20. The van der Waals surface area contributed by atoms with Crippen molar-refractivity contribution in [2.75, 3.05) is 11.4 Å². The van der Waals surface area contributed by atoms with Gasteiger partial charge in [-0.15, -0.1) is 0 Å². The summed E-state index contributed by atoms with van der Waals surface area (Å²) in [7, 11) is 0. The van der Waals surface area contributed by atoms with Crippen LogP contribution in [0.4, 0.5) is 5.69 Å². The Morgan fingerprint density at radius 3 is 2.37 bits per heavy atom. The summed E-state index contributed by atoms with van der Waals surface area (Å²) in [5, 5.41) is 22.8. The summed E-state index contributed by atoms with van der Waals surface area (Å²) in [4.78, 5) is 38.9. The van der Waals surface area contributed by atoms with Crippen LogP contribution in [0.15, 0.2) is 47.3 Å². The minimum absolute atomic E-state index is 0.110. The fourth-order valence-corrected chi connectivity index (χ4v) is 3.38. The lowest BCUT2D eigenvalue weighted by molar-refractivity contribution is -0.119. The first-order valence-electron chi connectivity index (χ1n) is 9.30. The van der Waals surface area contributed by atoms with Crippen molar-refractivity contribution in [1.29, 1.82) is 5.26 Å². The molecule has 0 aliphatic carbocycles. The summed E-state index contributed by atoms with van der Waals surface area (Å²) in [6.07, 6.45) is 0.110. The van der Waals surface area contributed by atoms with Gasteiger partial charge >= 0.3 is 5.97 Å². The third-order valence-electron chi connectivity index (χ3n) is 4.62. The Morgan fingerprint density at radius 1 is 1.13 bits per heavy atom. The van der Waals surface area contributed by atoms with E-state index in [0.717, 1.165) is 15.8 Å². The normalized spacial score (nSPS) is 10.6. The Balaban J connectivity index is 2.04. The third-order valence-corrected chi connectivity index (χ3v) is 4.62. The van der Waals surface area contributed by atoms with Crippen LogP contribution in [0.1, 0.15) is 28.0 Å². The molecular formula is C22H20N4O4. The number of carbonyl (C=O) groups excluding carboxylic acids is 1. The van der Waals surface area contributed by atoms with Crippen molar-refractivity contribution in [2.45, 2.75) is 26.8 Å². The van der Waals surface area contributed by atoms with Gasteiger partial charge in [-0.25, -0.2) is 9.48 Å². The predicted octanol–water partition coefficient (Wildman–Crippen LogP) is 2.66. The molecule has 0 atom stereocenters. The zero-order chi connectivity index (χ0) is 21.8. The highest BCUT2D eigenvalue weighted by Gasteiger charge is 2.21. The van der Waals surface area contributed by atoms with Crippen LogP contribution in [0.3, 0.4) is 0 Å². The molecule has 0 aliphatic rings. The van der Waals surface area contributed by atoms with E-state index in [9.17, 15) is 19.5 Å². The molecule has 0 saturated carbocycles. The molecule has 30 heavy (non-hydrogen) atoms. The Kier molecular flexibility index (Phi) is 5.93. The standard InChI is InChI=1S/C22H20N4O4/c1-14-10-15(2)12-16(11-14)25(9-5-8-23)19(27)13-26-21(28)18-7-4-3-6-17(18)20(24-26)22(29)30/h3-4,6-7,10-12H,5,9,13H2,1-2H3,(H,29,30). The summed E-state index contributed by atoms with van der Waals surface area (Å²) in [6.45, 7) is 3.50. The molecule has 1 heterocycles. The van der Waals surface area contributed by atoms with Crippen molar-refractivity contribution < 1.29 is 14.7 Å². The van der Waals surface area contributed by atoms with Gasteiger partial charge in [-0.05, 0) is 43.2 Å². The molecule has 3 rings (SSSR count). The zero-order valence-corrected chi connectivity index (χ0v) is 16.6. The number of benzene rings is 2. The van der Waals surface area contributed by atoms with Crippen molar-refractivity contribution >= 4 is 28.3 Å². The second-order valence-electron chi connectivity index (χ2n) is 6.96. The average molecular weight is 404 g/mol. The van der Waals surface area contributed by atoms with Crippen LogP contribution < -0.4 is 10.5 Å². The van der Waals surface area contributed by atoms with E-state index in [-0.39, 0.29) is 29.4 Å². The second-order valence-corrected chi connectivity index (χ2v) is 6.96. The molecule has 0 fully saturated rings. The molecule has 0 aliphatic heterocycles. The number of rotatable bonds is 6. The van der Waals surface area contributed by atoms with Gasteiger partial charge in [0.25, 0.3) is 5.56 Å². The number of carboxylic acid groups (broad SMARTS) is 1. The van der Waals surface area contributed by atoms with Crippen molar-refractivity contribution in [3.63, 3.8) is 0 Å². The topological polar surface area (TPSA) is 116 Å². The molecule has 8 nitrogen and oxygen atoms in total. The first-order chi connectivity index (χ1) is 14.3. The zero-order valence-electron chi connectivity index (χ0n) is 16.6. The highest BCUT2D eigenvalue weighted by atomic mass is 16.4. The van der Waals surface area contributed by atoms with E-state index in [1.165, 1.54) is 17.0 Å². The maximum Gasteiger partial charge on any atom is 0.357 e. The van der Waals surface area contributed by atoms with Crippen LogP contribution in [0, 0.1) is 25.2 Å². The van der Waals surface area contributed by atoms with Gasteiger partial charge in [-0.1, -0.05) is 24.3 Å². The Morgan fingerprint density at radius 2 is 1.77 bits per heavy atom. The van der Waals surface area contributed by atoms with Crippen LogP contribution in [0.25, 0.3) is 10.8 Å². The number of nitriles is 1. The predicted molar refractivity (Wildman–Crippen MR) is 111 cm³/mol. The lowest BCUT2D eigenvalue weighted by Gasteiger charge is -2.23. The molecule has 0 spiro atoms. The van der Waals surface area contributed by atoms with Gasteiger partial charge in [0.15, 0.2) is 5.69 Å². The van der Waals surface area contributed by atoms with Crippen LogP contribution >= 0.6 is 0 Å². The van der Waals surface area contributed by atoms with Gasteiger partial charge in [0.2, 0.25) is 5.91 Å². The highest BCUT2D eigenvalue weighted by Crippen LogP contribution is 2.20. The monoisotopic (exact) mass is 404 g/mol. The Bertz CT molecular complexity index is 1220. The average Bonchev–Trinajstić information content (AvgIpc) is 2.69. The first-order valence-corrected chi connectivity index (χ1v) is 9.30. The van der Waals surface area contributed by atoms with Crippen LogP contribution in [0.2, 0.25) is 0 Å². The van der Waals surface area contributed by atoms with Crippen molar-refractivity contribution in [3.8, 4) is 6.07 Å². The molecule has 152 valence electrons. The molecule has 2 aromatic carbocycles. The molecular weight excluding hydrogens is 384 g/mol. The molecule has 0 radical (unpaired) electrons. The van der Waals surface area contributed by atoms with E-state index in [1.807, 2.05) is 38.1 Å². The maximum absolute atomic E-state index is 13.1. The smallest absolute Gasteiger partial charge is 0.357 e. The number of aromatic carboxylic acids is 1. The Hall–Kier alpha value is -3.99. The number of amides is 1. The summed E-state index contributed by atoms with van der Waals surface area (Å²) >= 11 is 0. The first kappa shape index (κ1) is 20.7. The fourth-order valence-electron chi connectivity index (χ4n) is 3.38. The highest BCUT2D eigenvalue weighted by molar-refractivity contribution is 6.01. The van der Waals surface area contributed by atoms with Crippen LogP contribution in [-0.2, 0) is 11.3 Å². The number of nitrogens with zero attached hydrogens (tertiary/aromatic N) is 4. The van der Waals surface area contributed by atoms with Crippen LogP contribution in [0.5, 0.6) is 0 Å². The van der Waals surface area contributed by atoms with E-state index < -0.39 is 24.0 Å². The number of aryl methyl sites for hydroxylation is 2. The quantitative estimate of drug-likeness (QED) is 0.675. The summed E-state index contributed by atoms with van der Waals surface area (Å²) in [5.41, 5.74) is 1.67. The minimum Gasteiger partial charge on any atom is -0.476 e. The molecule has 0 saturated heterocycles. The number of aromatic nitrogens is 2. The lowest BCUT2D eigenvalue weighted by Crippen LogP contribution is -2.38. The van der Waals surface area contributed by atoms with Gasteiger partial charge in [-0.2, -0.15) is 10.4 Å². The van der Waals surface area contributed by atoms with Gasteiger partial charge < -0.3 is 10.0 Å². The van der Waals surface area contributed by atoms with Crippen LogP contribution in [-0.4, -0.2) is 33.3 Å². The molecule has 0 bridgehead atoms. The molecule has 1 amide bonds. The summed E-state index contributed by atoms with van der Waals surface area (Å²) < 4.78 is 0.871. The molecule has 1 aromatic heterocycles. The van der Waals surface area contributed by atoms with E-state index in [2.05, 4.69) is 5.10 Å². The Labute approximate surface area is 172 Å². The summed E-state index contributed by atoms with van der Waals surface area (Å²) in [5.74, 6) is -1.75. The van der Waals surface area contributed by atoms with Crippen molar-refractivity contribution in [3.05, 3.63) is 69.6 Å². The number of fused-ring (bicyclic) bond motifs is 1. The number of carboxylic acids is 1. The largest absolute Gasteiger partial charge is 0.476 e. The van der Waals surface area contributed by atoms with Gasteiger partial charge in [0.05, 0.1) is 17.9 Å². The molecule has 3 aromatic rings. The lowest BCUT2D eigenvalue weighted by atomic mass is 10.1. The van der Waals surface area contributed by atoms with Gasteiger partial charge in [0, 0.05) is 17.6 Å². The number of anilines is 1. The molecule has 1 N–H and O–H groups in total.